The summed E-state index contributed by atoms with van der Waals surface area (Å²) >= 11 is 1.35. The summed E-state index contributed by atoms with van der Waals surface area (Å²) in [7, 11) is 1.81. The number of aromatic nitrogens is 4. The van der Waals surface area contributed by atoms with Gasteiger partial charge in [-0.1, -0.05) is 11.3 Å². The minimum Gasteiger partial charge on any atom is -0.326 e. The fourth-order valence-corrected chi connectivity index (χ4v) is 4.07. The second-order valence-corrected chi connectivity index (χ2v) is 7.59. The van der Waals surface area contributed by atoms with E-state index in [9.17, 15) is 9.59 Å². The van der Waals surface area contributed by atoms with Gasteiger partial charge in [0.25, 0.3) is 5.91 Å². The highest BCUT2D eigenvalue weighted by molar-refractivity contribution is 7.22. The van der Waals surface area contributed by atoms with Crippen LogP contribution in [0.15, 0.2) is 24.3 Å². The highest BCUT2D eigenvalue weighted by Crippen LogP contribution is 2.29. The van der Waals surface area contributed by atoms with Crippen molar-refractivity contribution in [1.29, 1.82) is 0 Å². The molecule has 0 bridgehead atoms. The van der Waals surface area contributed by atoms with Crippen LogP contribution in [-0.2, 0) is 11.8 Å². The number of fused-ring (bicyclic) bond motifs is 2. The monoisotopic (exact) mass is 394 g/mol. The topological polar surface area (TPSA) is 102 Å². The van der Waals surface area contributed by atoms with Crippen LogP contribution >= 0.6 is 11.3 Å². The van der Waals surface area contributed by atoms with Crippen LogP contribution in [0.1, 0.15) is 28.7 Å². The smallest absolute Gasteiger partial charge is 0.258 e. The average molecular weight is 394 g/mol. The van der Waals surface area contributed by atoms with E-state index in [0.717, 1.165) is 27.0 Å². The summed E-state index contributed by atoms with van der Waals surface area (Å²) in [6.07, 6.45) is 0. The first kappa shape index (κ1) is 18.1. The van der Waals surface area contributed by atoms with Crippen molar-refractivity contribution in [3.63, 3.8) is 0 Å². The molecule has 0 aliphatic rings. The van der Waals surface area contributed by atoms with Gasteiger partial charge in [-0.3, -0.25) is 19.6 Å². The standard InChI is InChI=1S/C19H18N6O2S/c1-9-7-13(16-10(2)24-25(4)17(16)20-9)18(27)23-19-22-14-6-5-12(21-11(3)26)8-15(14)28-19/h5-8H,1-4H3,(H,21,26)(H,22,23,27). The molecule has 3 heterocycles. The van der Waals surface area contributed by atoms with Crippen LogP contribution in [0.3, 0.4) is 0 Å². The highest BCUT2D eigenvalue weighted by atomic mass is 32.1. The van der Waals surface area contributed by atoms with Crippen molar-refractivity contribution in [2.45, 2.75) is 20.8 Å². The first-order valence-corrected chi connectivity index (χ1v) is 9.44. The predicted octanol–water partition coefficient (Wildman–Crippen LogP) is 3.41. The van der Waals surface area contributed by atoms with Crippen molar-refractivity contribution >= 4 is 55.2 Å². The maximum Gasteiger partial charge on any atom is 0.258 e. The second-order valence-electron chi connectivity index (χ2n) is 6.56. The second kappa shape index (κ2) is 6.68. The molecule has 28 heavy (non-hydrogen) atoms. The number of anilines is 2. The van der Waals surface area contributed by atoms with Crippen molar-refractivity contribution in [1.82, 2.24) is 19.7 Å². The molecule has 0 atom stereocenters. The highest BCUT2D eigenvalue weighted by Gasteiger charge is 2.19. The molecule has 0 aliphatic carbocycles. The zero-order valence-corrected chi connectivity index (χ0v) is 16.6. The van der Waals surface area contributed by atoms with Gasteiger partial charge in [0, 0.05) is 25.4 Å². The molecule has 0 radical (unpaired) electrons. The molecule has 0 saturated carbocycles. The Labute approximate surface area is 164 Å². The summed E-state index contributed by atoms with van der Waals surface area (Å²) in [5, 5.41) is 11.2. The van der Waals surface area contributed by atoms with Gasteiger partial charge in [-0.15, -0.1) is 0 Å². The molecule has 2 amide bonds. The summed E-state index contributed by atoms with van der Waals surface area (Å²) in [5.41, 5.74) is 4.13. The quantitative estimate of drug-likeness (QED) is 0.554. The van der Waals surface area contributed by atoms with Crippen LogP contribution in [0.25, 0.3) is 21.3 Å². The van der Waals surface area contributed by atoms with Crippen molar-refractivity contribution in [2.75, 3.05) is 10.6 Å². The van der Waals surface area contributed by atoms with Gasteiger partial charge in [-0.25, -0.2) is 9.97 Å². The van der Waals surface area contributed by atoms with E-state index in [4.69, 9.17) is 0 Å². The van der Waals surface area contributed by atoms with Gasteiger partial charge in [0.05, 0.1) is 26.9 Å². The number of aryl methyl sites for hydroxylation is 3. The van der Waals surface area contributed by atoms with Crippen LogP contribution < -0.4 is 10.6 Å². The Kier molecular flexibility index (Phi) is 4.31. The molecule has 0 spiro atoms. The van der Waals surface area contributed by atoms with E-state index in [0.29, 0.717) is 22.0 Å². The van der Waals surface area contributed by atoms with Gasteiger partial charge < -0.3 is 5.32 Å². The van der Waals surface area contributed by atoms with Crippen molar-refractivity contribution in [3.8, 4) is 0 Å². The lowest BCUT2D eigenvalue weighted by atomic mass is 10.1. The zero-order valence-electron chi connectivity index (χ0n) is 15.8. The van der Waals surface area contributed by atoms with Crippen LogP contribution in [0.4, 0.5) is 10.8 Å². The van der Waals surface area contributed by atoms with E-state index in [1.165, 1.54) is 18.3 Å². The molecular formula is C19H18N6O2S. The zero-order chi connectivity index (χ0) is 20.0. The van der Waals surface area contributed by atoms with E-state index in [1.807, 2.05) is 33.0 Å². The summed E-state index contributed by atoms with van der Waals surface area (Å²) in [4.78, 5) is 33.1. The summed E-state index contributed by atoms with van der Waals surface area (Å²) in [5.74, 6) is -0.394. The fourth-order valence-electron chi connectivity index (χ4n) is 3.17. The number of hydrogen-bond acceptors (Lipinski definition) is 6. The number of amides is 2. The van der Waals surface area contributed by atoms with Crippen molar-refractivity contribution < 1.29 is 9.59 Å². The van der Waals surface area contributed by atoms with Crippen molar-refractivity contribution in [3.05, 3.63) is 41.2 Å². The largest absolute Gasteiger partial charge is 0.326 e. The number of nitrogens with zero attached hydrogens (tertiary/aromatic N) is 4. The van der Waals surface area contributed by atoms with Crippen LogP contribution in [-0.4, -0.2) is 31.6 Å². The molecule has 0 unspecified atom stereocenters. The summed E-state index contributed by atoms with van der Waals surface area (Å²) < 4.78 is 2.55. The Hall–Kier alpha value is -3.33. The van der Waals surface area contributed by atoms with Gasteiger partial charge in [0.1, 0.15) is 0 Å². The Morgan fingerprint density at radius 3 is 2.64 bits per heavy atom. The minimum atomic E-state index is -0.257. The maximum absolute atomic E-state index is 13.0. The maximum atomic E-state index is 13.0. The average Bonchev–Trinajstić information content (AvgIpc) is 3.13. The molecule has 3 aromatic heterocycles. The molecule has 0 fully saturated rings. The third-order valence-electron chi connectivity index (χ3n) is 4.27. The molecule has 2 N–H and O–H groups in total. The summed E-state index contributed by atoms with van der Waals surface area (Å²) in [6, 6.07) is 7.19. The number of hydrogen-bond donors (Lipinski definition) is 2. The molecule has 1 aromatic carbocycles. The first-order chi connectivity index (χ1) is 13.3. The summed E-state index contributed by atoms with van der Waals surface area (Å²) in [6.45, 7) is 5.16. The van der Waals surface area contributed by atoms with E-state index in [-0.39, 0.29) is 11.8 Å². The molecule has 8 nitrogen and oxygen atoms in total. The van der Waals surface area contributed by atoms with Gasteiger partial charge in [-0.05, 0) is 38.1 Å². The number of carbonyl (C=O) groups excluding carboxylic acids is 2. The van der Waals surface area contributed by atoms with E-state index in [2.05, 4.69) is 25.7 Å². The van der Waals surface area contributed by atoms with Gasteiger partial charge in [0.2, 0.25) is 5.91 Å². The lowest BCUT2D eigenvalue weighted by molar-refractivity contribution is -0.114. The molecule has 9 heteroatoms. The molecule has 4 rings (SSSR count). The molecular weight excluding hydrogens is 376 g/mol. The van der Waals surface area contributed by atoms with Gasteiger partial charge >= 0.3 is 0 Å². The Morgan fingerprint density at radius 2 is 1.89 bits per heavy atom. The Balaban J connectivity index is 1.69. The number of rotatable bonds is 3. The van der Waals surface area contributed by atoms with E-state index < -0.39 is 0 Å². The first-order valence-electron chi connectivity index (χ1n) is 8.62. The number of carbonyl (C=O) groups is 2. The normalized spacial score (nSPS) is 11.1. The van der Waals surface area contributed by atoms with Crippen LogP contribution in [0, 0.1) is 13.8 Å². The SMILES string of the molecule is CC(=O)Nc1ccc2nc(NC(=O)c3cc(C)nc4c3c(C)nn4C)sc2c1. The number of benzene rings is 1. The Bertz CT molecular complexity index is 1260. The third kappa shape index (κ3) is 3.20. The number of thiazole rings is 1. The van der Waals surface area contributed by atoms with Gasteiger partial charge in [0.15, 0.2) is 10.8 Å². The molecule has 142 valence electrons. The fraction of sp³-hybridized carbons (Fsp3) is 0.211. The third-order valence-corrected chi connectivity index (χ3v) is 5.20. The lowest BCUT2D eigenvalue weighted by Gasteiger charge is -2.05. The van der Waals surface area contributed by atoms with Crippen LogP contribution in [0.5, 0.6) is 0 Å². The van der Waals surface area contributed by atoms with E-state index >= 15 is 0 Å². The number of nitrogens with one attached hydrogen (secondary N) is 2. The van der Waals surface area contributed by atoms with E-state index in [1.54, 1.807) is 16.8 Å². The molecule has 0 aliphatic heterocycles. The van der Waals surface area contributed by atoms with Crippen molar-refractivity contribution in [2.24, 2.45) is 7.05 Å². The minimum absolute atomic E-state index is 0.138. The predicted molar refractivity (Wildman–Crippen MR) is 110 cm³/mol. The molecule has 4 aromatic rings. The lowest BCUT2D eigenvalue weighted by Crippen LogP contribution is -2.13. The molecule has 0 saturated heterocycles. The number of pyridine rings is 1. The Morgan fingerprint density at radius 1 is 1.11 bits per heavy atom. The van der Waals surface area contributed by atoms with Crippen LogP contribution in [0.2, 0.25) is 0 Å². The van der Waals surface area contributed by atoms with Gasteiger partial charge in [-0.2, -0.15) is 5.10 Å².